The van der Waals surface area contributed by atoms with Crippen LogP contribution in [-0.2, 0) is 11.8 Å². The van der Waals surface area contributed by atoms with Crippen LogP contribution in [0.15, 0.2) is 42.5 Å². The molecule has 3 rings (SSSR count). The first-order chi connectivity index (χ1) is 9.57. The largest absolute Gasteiger partial charge is 0.315 e. The van der Waals surface area contributed by atoms with Gasteiger partial charge in [-0.1, -0.05) is 41.5 Å². The van der Waals surface area contributed by atoms with Crippen molar-refractivity contribution in [2.24, 2.45) is 0 Å². The van der Waals surface area contributed by atoms with Gasteiger partial charge >= 0.3 is 0 Å². The van der Waals surface area contributed by atoms with Crippen molar-refractivity contribution in [3.05, 3.63) is 70.5 Å². The Kier molecular flexibility index (Phi) is 3.35. The van der Waals surface area contributed by atoms with E-state index in [4.69, 9.17) is 0 Å². The predicted molar refractivity (Wildman–Crippen MR) is 80.6 cm³/mol. The van der Waals surface area contributed by atoms with Gasteiger partial charge in [0.05, 0.1) is 0 Å². The molecule has 1 saturated heterocycles. The highest BCUT2D eigenvalue weighted by Gasteiger charge is 2.38. The van der Waals surface area contributed by atoms with Crippen LogP contribution in [0.1, 0.15) is 22.3 Å². The molecule has 0 saturated carbocycles. The second kappa shape index (κ2) is 5.02. The maximum atomic E-state index is 13.5. The molecule has 0 aliphatic carbocycles. The van der Waals surface area contributed by atoms with Crippen molar-refractivity contribution in [1.82, 2.24) is 5.32 Å². The maximum Gasteiger partial charge on any atom is 0.123 e. The summed E-state index contributed by atoms with van der Waals surface area (Å²) in [4.78, 5) is 0. The van der Waals surface area contributed by atoms with Crippen molar-refractivity contribution in [3.8, 4) is 0 Å². The van der Waals surface area contributed by atoms with E-state index in [1.165, 1.54) is 22.8 Å². The van der Waals surface area contributed by atoms with Crippen molar-refractivity contribution < 1.29 is 4.39 Å². The lowest BCUT2D eigenvalue weighted by molar-refractivity contribution is 0.274. The highest BCUT2D eigenvalue weighted by molar-refractivity contribution is 5.36. The topological polar surface area (TPSA) is 12.0 Å². The Morgan fingerprint density at radius 3 is 2.30 bits per heavy atom. The van der Waals surface area contributed by atoms with Crippen LogP contribution in [0.25, 0.3) is 0 Å². The van der Waals surface area contributed by atoms with E-state index in [-0.39, 0.29) is 11.2 Å². The first kappa shape index (κ1) is 13.3. The molecule has 1 N–H and O–H groups in total. The van der Waals surface area contributed by atoms with E-state index in [9.17, 15) is 4.39 Å². The Labute approximate surface area is 119 Å². The van der Waals surface area contributed by atoms with Gasteiger partial charge in [0, 0.05) is 18.5 Å². The highest BCUT2D eigenvalue weighted by atomic mass is 19.1. The summed E-state index contributed by atoms with van der Waals surface area (Å²) in [5, 5.41) is 3.35. The molecule has 20 heavy (non-hydrogen) atoms. The summed E-state index contributed by atoms with van der Waals surface area (Å²) in [7, 11) is 0. The van der Waals surface area contributed by atoms with Gasteiger partial charge in [0.2, 0.25) is 0 Å². The molecule has 0 bridgehead atoms. The Bertz CT molecular complexity index is 609. The van der Waals surface area contributed by atoms with Crippen LogP contribution in [0.5, 0.6) is 0 Å². The fraction of sp³-hybridized carbons (Fsp3) is 0.333. The predicted octanol–water partition coefficient (Wildman–Crippen LogP) is 3.53. The minimum atomic E-state index is -0.144. The van der Waals surface area contributed by atoms with E-state index in [0.717, 1.165) is 25.1 Å². The number of halogens is 1. The molecular formula is C18H20FN. The fourth-order valence-corrected chi connectivity index (χ4v) is 3.24. The van der Waals surface area contributed by atoms with E-state index < -0.39 is 0 Å². The molecule has 0 unspecified atom stereocenters. The molecule has 1 heterocycles. The molecule has 0 amide bonds. The number of rotatable bonds is 3. The number of hydrogen-bond donors (Lipinski definition) is 1. The molecule has 0 spiro atoms. The smallest absolute Gasteiger partial charge is 0.123 e. The first-order valence-electron chi connectivity index (χ1n) is 7.11. The standard InChI is InChI=1S/C18H20FN/c1-13-6-14(2)8-15(7-13)10-18(11-20-12-18)16-4-3-5-17(19)9-16/h3-9,20H,10-12H2,1-2H3. The molecule has 1 aliphatic rings. The number of aryl methyl sites for hydroxylation is 2. The minimum Gasteiger partial charge on any atom is -0.315 e. The van der Waals surface area contributed by atoms with Crippen molar-refractivity contribution >= 4 is 0 Å². The summed E-state index contributed by atoms with van der Waals surface area (Å²) in [6.07, 6.45) is 0.964. The van der Waals surface area contributed by atoms with Crippen LogP contribution in [-0.4, -0.2) is 13.1 Å². The van der Waals surface area contributed by atoms with Gasteiger partial charge in [0.15, 0.2) is 0 Å². The van der Waals surface area contributed by atoms with Crippen LogP contribution >= 0.6 is 0 Å². The van der Waals surface area contributed by atoms with E-state index in [1.807, 2.05) is 12.1 Å². The second-order valence-electron chi connectivity index (χ2n) is 6.07. The maximum absolute atomic E-state index is 13.5. The monoisotopic (exact) mass is 269 g/mol. The Morgan fingerprint density at radius 1 is 1.05 bits per heavy atom. The zero-order valence-corrected chi connectivity index (χ0v) is 12.0. The molecule has 1 aliphatic heterocycles. The van der Waals surface area contributed by atoms with Gasteiger partial charge in [-0.15, -0.1) is 0 Å². The fourth-order valence-electron chi connectivity index (χ4n) is 3.24. The lowest BCUT2D eigenvalue weighted by Crippen LogP contribution is -2.58. The highest BCUT2D eigenvalue weighted by Crippen LogP contribution is 2.33. The Hall–Kier alpha value is -1.67. The van der Waals surface area contributed by atoms with Crippen molar-refractivity contribution in [2.75, 3.05) is 13.1 Å². The zero-order valence-electron chi connectivity index (χ0n) is 12.0. The van der Waals surface area contributed by atoms with Gasteiger partial charge in [-0.2, -0.15) is 0 Å². The number of hydrogen-bond acceptors (Lipinski definition) is 1. The molecule has 1 nitrogen and oxygen atoms in total. The molecule has 0 atom stereocenters. The molecule has 1 fully saturated rings. The van der Waals surface area contributed by atoms with E-state index in [2.05, 4.69) is 37.4 Å². The van der Waals surface area contributed by atoms with Gasteiger partial charge in [-0.3, -0.25) is 0 Å². The average molecular weight is 269 g/mol. The first-order valence-corrected chi connectivity index (χ1v) is 7.11. The molecule has 2 aromatic rings. The van der Waals surface area contributed by atoms with Crippen LogP contribution in [0.4, 0.5) is 4.39 Å². The van der Waals surface area contributed by atoms with Crippen molar-refractivity contribution in [1.29, 1.82) is 0 Å². The van der Waals surface area contributed by atoms with Gasteiger partial charge in [-0.25, -0.2) is 4.39 Å². The van der Waals surface area contributed by atoms with Gasteiger partial charge in [0.1, 0.15) is 5.82 Å². The summed E-state index contributed by atoms with van der Waals surface area (Å²) in [6.45, 7) is 6.10. The van der Waals surface area contributed by atoms with Crippen LogP contribution in [0, 0.1) is 19.7 Å². The summed E-state index contributed by atoms with van der Waals surface area (Å²) >= 11 is 0. The van der Waals surface area contributed by atoms with Crippen molar-refractivity contribution in [2.45, 2.75) is 25.7 Å². The molecule has 104 valence electrons. The van der Waals surface area contributed by atoms with E-state index in [0.29, 0.717) is 0 Å². The summed E-state index contributed by atoms with van der Waals surface area (Å²) in [5.74, 6) is -0.144. The van der Waals surface area contributed by atoms with Crippen molar-refractivity contribution in [3.63, 3.8) is 0 Å². The third-order valence-electron chi connectivity index (χ3n) is 4.19. The van der Waals surface area contributed by atoms with E-state index >= 15 is 0 Å². The van der Waals surface area contributed by atoms with Gasteiger partial charge in [-0.05, 0) is 43.5 Å². The second-order valence-corrected chi connectivity index (χ2v) is 6.07. The van der Waals surface area contributed by atoms with Crippen LogP contribution in [0.2, 0.25) is 0 Å². The summed E-state index contributed by atoms with van der Waals surface area (Å²) in [6, 6.07) is 13.7. The third kappa shape index (κ3) is 2.48. The molecule has 0 aromatic heterocycles. The number of benzene rings is 2. The lowest BCUT2D eigenvalue weighted by atomic mass is 9.71. The quantitative estimate of drug-likeness (QED) is 0.899. The normalized spacial score (nSPS) is 16.8. The molecular weight excluding hydrogens is 249 g/mol. The third-order valence-corrected chi connectivity index (χ3v) is 4.19. The molecule has 0 radical (unpaired) electrons. The van der Waals surface area contributed by atoms with Gasteiger partial charge < -0.3 is 5.32 Å². The lowest BCUT2D eigenvalue weighted by Gasteiger charge is -2.43. The SMILES string of the molecule is Cc1cc(C)cc(CC2(c3cccc(F)c3)CNC2)c1. The number of nitrogens with one attached hydrogen (secondary N) is 1. The van der Waals surface area contributed by atoms with Crippen LogP contribution < -0.4 is 5.32 Å². The Morgan fingerprint density at radius 2 is 1.75 bits per heavy atom. The summed E-state index contributed by atoms with van der Waals surface area (Å²) < 4.78 is 13.5. The van der Waals surface area contributed by atoms with E-state index in [1.54, 1.807) is 6.07 Å². The van der Waals surface area contributed by atoms with Gasteiger partial charge in [0.25, 0.3) is 0 Å². The minimum absolute atomic E-state index is 0.0440. The molecule has 2 aromatic carbocycles. The summed E-state index contributed by atoms with van der Waals surface area (Å²) in [5.41, 5.74) is 5.08. The average Bonchev–Trinajstić information content (AvgIpc) is 2.32. The Balaban J connectivity index is 1.93. The zero-order chi connectivity index (χ0) is 14.2. The van der Waals surface area contributed by atoms with Crippen LogP contribution in [0.3, 0.4) is 0 Å². The molecule has 2 heteroatoms.